The van der Waals surface area contributed by atoms with E-state index in [9.17, 15) is 0 Å². The Hall–Kier alpha value is -0.0800. The number of nitrogens with two attached hydrogens (primary N) is 1. The molecule has 2 N–H and O–H groups in total. The van der Waals surface area contributed by atoms with Gasteiger partial charge in [0, 0.05) is 0 Å². The number of hydrogen-bond donors (Lipinski definition) is 1. The normalized spacial score (nSPS) is 18.0. The molecule has 11 heavy (non-hydrogen) atoms. The molecule has 0 aromatic rings. The van der Waals surface area contributed by atoms with Crippen LogP contribution >= 0.6 is 0 Å². The maximum Gasteiger partial charge on any atom is 0.108 e. The number of ether oxygens (including phenoxy) is 1. The zero-order valence-electron chi connectivity index (χ0n) is 8.35. The van der Waals surface area contributed by atoms with Crippen LogP contribution in [0.1, 0.15) is 41.0 Å². The van der Waals surface area contributed by atoms with Crippen molar-refractivity contribution in [2.45, 2.75) is 52.9 Å². The highest BCUT2D eigenvalue weighted by molar-refractivity contribution is 4.65. The molecule has 0 aliphatic carbocycles. The Morgan fingerprint density at radius 3 is 2.09 bits per heavy atom. The molecule has 0 aromatic heterocycles. The minimum Gasteiger partial charge on any atom is -0.358 e. The molecule has 0 radical (unpaired) electrons. The summed E-state index contributed by atoms with van der Waals surface area (Å²) in [6.07, 6.45) is 0.942. The van der Waals surface area contributed by atoms with Crippen molar-refractivity contribution in [2.24, 2.45) is 11.7 Å². The Morgan fingerprint density at radius 2 is 1.82 bits per heavy atom. The summed E-state index contributed by atoms with van der Waals surface area (Å²) in [5.41, 5.74) is 5.67. The first-order chi connectivity index (χ1) is 4.87. The van der Waals surface area contributed by atoms with Crippen molar-refractivity contribution in [1.82, 2.24) is 0 Å². The van der Waals surface area contributed by atoms with Crippen LogP contribution in [0.3, 0.4) is 0 Å². The molecule has 0 saturated carbocycles. The summed E-state index contributed by atoms with van der Waals surface area (Å²) >= 11 is 0. The van der Waals surface area contributed by atoms with Crippen LogP contribution in [0.4, 0.5) is 0 Å². The molecule has 0 heterocycles. The fraction of sp³-hybridized carbons (Fsp3) is 1.00. The van der Waals surface area contributed by atoms with Crippen molar-refractivity contribution in [3.05, 3.63) is 0 Å². The van der Waals surface area contributed by atoms with Crippen LogP contribution in [-0.4, -0.2) is 11.8 Å². The summed E-state index contributed by atoms with van der Waals surface area (Å²) in [7, 11) is 0. The van der Waals surface area contributed by atoms with Crippen molar-refractivity contribution in [1.29, 1.82) is 0 Å². The molecular weight excluding hydrogens is 138 g/mol. The lowest BCUT2D eigenvalue weighted by atomic mass is 10.1. The standard InChI is InChI=1S/C9H21NO/c1-6-7(2)8(10)11-9(3,4)5/h7-8H,6,10H2,1-5H3. The van der Waals surface area contributed by atoms with E-state index < -0.39 is 0 Å². The van der Waals surface area contributed by atoms with Gasteiger partial charge in [0.05, 0.1) is 5.60 Å². The second kappa shape index (κ2) is 4.07. The summed E-state index contributed by atoms with van der Waals surface area (Å²) in [5, 5.41) is 0. The van der Waals surface area contributed by atoms with Gasteiger partial charge in [0.25, 0.3) is 0 Å². The molecule has 0 aromatic carbocycles. The highest BCUT2D eigenvalue weighted by Crippen LogP contribution is 2.14. The van der Waals surface area contributed by atoms with E-state index in [0.29, 0.717) is 5.92 Å². The fourth-order valence-electron chi connectivity index (χ4n) is 0.757. The molecule has 2 heteroatoms. The summed E-state index contributed by atoms with van der Waals surface area (Å²) in [6, 6.07) is 0. The second-order valence-corrected chi connectivity index (χ2v) is 4.08. The van der Waals surface area contributed by atoms with Crippen LogP contribution < -0.4 is 5.73 Å². The predicted molar refractivity (Wildman–Crippen MR) is 48.3 cm³/mol. The minimum absolute atomic E-state index is 0.122. The maximum absolute atomic E-state index is 5.79. The van der Waals surface area contributed by atoms with E-state index in [1.807, 2.05) is 20.8 Å². The number of hydrogen-bond acceptors (Lipinski definition) is 2. The van der Waals surface area contributed by atoms with Gasteiger partial charge in [-0.15, -0.1) is 0 Å². The minimum atomic E-state index is -0.125. The maximum atomic E-state index is 5.79. The lowest BCUT2D eigenvalue weighted by Gasteiger charge is -2.28. The van der Waals surface area contributed by atoms with Crippen molar-refractivity contribution >= 4 is 0 Å². The third kappa shape index (κ3) is 5.22. The Bertz CT molecular complexity index is 107. The van der Waals surface area contributed by atoms with E-state index in [4.69, 9.17) is 10.5 Å². The van der Waals surface area contributed by atoms with Crippen LogP contribution in [0, 0.1) is 5.92 Å². The van der Waals surface area contributed by atoms with Gasteiger partial charge in [-0.25, -0.2) is 0 Å². The highest BCUT2D eigenvalue weighted by atomic mass is 16.5. The first kappa shape index (κ1) is 10.9. The zero-order chi connectivity index (χ0) is 9.07. The van der Waals surface area contributed by atoms with Crippen molar-refractivity contribution in [2.75, 3.05) is 0 Å². The summed E-state index contributed by atoms with van der Waals surface area (Å²) in [6.45, 7) is 10.3. The molecule has 0 rings (SSSR count). The SMILES string of the molecule is CCC(C)C(N)OC(C)(C)C. The molecule has 2 atom stereocenters. The van der Waals surface area contributed by atoms with Crippen LogP contribution in [-0.2, 0) is 4.74 Å². The monoisotopic (exact) mass is 159 g/mol. The van der Waals surface area contributed by atoms with Gasteiger partial charge in [0.15, 0.2) is 0 Å². The van der Waals surface area contributed by atoms with E-state index in [1.165, 1.54) is 0 Å². The zero-order valence-corrected chi connectivity index (χ0v) is 8.35. The van der Waals surface area contributed by atoms with Crippen molar-refractivity contribution < 1.29 is 4.74 Å². The first-order valence-corrected chi connectivity index (χ1v) is 4.30. The second-order valence-electron chi connectivity index (χ2n) is 4.08. The van der Waals surface area contributed by atoms with Gasteiger partial charge in [0.1, 0.15) is 6.23 Å². The number of rotatable bonds is 3. The highest BCUT2D eigenvalue weighted by Gasteiger charge is 2.18. The van der Waals surface area contributed by atoms with E-state index in [-0.39, 0.29) is 11.8 Å². The lowest BCUT2D eigenvalue weighted by molar-refractivity contribution is -0.0793. The smallest absolute Gasteiger partial charge is 0.108 e. The molecule has 0 saturated heterocycles. The molecule has 68 valence electrons. The average molecular weight is 159 g/mol. The quantitative estimate of drug-likeness (QED) is 0.640. The Morgan fingerprint density at radius 1 is 1.36 bits per heavy atom. The molecule has 0 amide bonds. The largest absolute Gasteiger partial charge is 0.358 e. The van der Waals surface area contributed by atoms with E-state index in [2.05, 4.69) is 13.8 Å². The van der Waals surface area contributed by atoms with Crippen molar-refractivity contribution in [3.63, 3.8) is 0 Å². The third-order valence-corrected chi connectivity index (χ3v) is 1.69. The Balaban J connectivity index is 3.77. The van der Waals surface area contributed by atoms with Gasteiger partial charge in [-0.3, -0.25) is 0 Å². The van der Waals surface area contributed by atoms with Crippen molar-refractivity contribution in [3.8, 4) is 0 Å². The first-order valence-electron chi connectivity index (χ1n) is 4.30. The van der Waals surface area contributed by atoms with E-state index in [0.717, 1.165) is 6.42 Å². The van der Waals surface area contributed by atoms with Gasteiger partial charge < -0.3 is 10.5 Å². The molecule has 0 aliphatic rings. The molecule has 2 nitrogen and oxygen atoms in total. The molecular formula is C9H21NO. The summed E-state index contributed by atoms with van der Waals surface area (Å²) in [5.74, 6) is 0.439. The van der Waals surface area contributed by atoms with Crippen LogP contribution in [0.5, 0.6) is 0 Å². The van der Waals surface area contributed by atoms with Gasteiger partial charge in [0.2, 0.25) is 0 Å². The van der Waals surface area contributed by atoms with Gasteiger partial charge in [-0.05, 0) is 33.1 Å². The van der Waals surface area contributed by atoms with Crippen LogP contribution in [0.25, 0.3) is 0 Å². The van der Waals surface area contributed by atoms with E-state index >= 15 is 0 Å². The van der Waals surface area contributed by atoms with Gasteiger partial charge >= 0.3 is 0 Å². The molecule has 0 aliphatic heterocycles. The fourth-order valence-corrected chi connectivity index (χ4v) is 0.757. The van der Waals surface area contributed by atoms with Crippen LogP contribution in [0.15, 0.2) is 0 Å². The Kier molecular flexibility index (Phi) is 4.04. The topological polar surface area (TPSA) is 35.2 Å². The molecule has 0 spiro atoms. The van der Waals surface area contributed by atoms with Gasteiger partial charge in [-0.2, -0.15) is 0 Å². The Labute approximate surface area is 70.1 Å². The lowest BCUT2D eigenvalue weighted by Crippen LogP contribution is -2.38. The average Bonchev–Trinajstić information content (AvgIpc) is 1.82. The third-order valence-electron chi connectivity index (χ3n) is 1.69. The molecule has 2 unspecified atom stereocenters. The summed E-state index contributed by atoms with van der Waals surface area (Å²) < 4.78 is 5.57. The van der Waals surface area contributed by atoms with Crippen LogP contribution in [0.2, 0.25) is 0 Å². The van der Waals surface area contributed by atoms with Gasteiger partial charge in [-0.1, -0.05) is 13.8 Å². The summed E-state index contributed by atoms with van der Waals surface area (Å²) in [4.78, 5) is 0. The van der Waals surface area contributed by atoms with E-state index in [1.54, 1.807) is 0 Å². The predicted octanol–water partition coefficient (Wildman–Crippen LogP) is 2.13. The molecule has 0 bridgehead atoms. The molecule has 0 fully saturated rings.